The normalized spacial score (nSPS) is 11.0. The van der Waals surface area contributed by atoms with E-state index in [1.54, 1.807) is 0 Å². The second kappa shape index (κ2) is 10.1. The highest BCUT2D eigenvalue weighted by atomic mass is 32.2. The number of carbonyl (C=O) groups is 2. The van der Waals surface area contributed by atoms with Crippen molar-refractivity contribution in [2.45, 2.75) is 16.1 Å². The Bertz CT molecular complexity index is 1190. The van der Waals surface area contributed by atoms with Crippen LogP contribution in [-0.2, 0) is 15.7 Å². The van der Waals surface area contributed by atoms with Crippen LogP contribution in [0.5, 0.6) is 0 Å². The Kier molecular flexibility index (Phi) is 7.28. The number of nitrogens with zero attached hydrogens (tertiary/aromatic N) is 2. The van der Waals surface area contributed by atoms with Gasteiger partial charge >= 0.3 is 12.1 Å². The van der Waals surface area contributed by atoms with Gasteiger partial charge in [-0.1, -0.05) is 30.0 Å². The second-order valence-corrected chi connectivity index (χ2v) is 7.44. The largest absolute Gasteiger partial charge is 0.452 e. The zero-order chi connectivity index (χ0) is 24.0. The van der Waals surface area contributed by atoms with Gasteiger partial charge in [0.25, 0.3) is 11.6 Å². The minimum atomic E-state index is -4.79. The van der Waals surface area contributed by atoms with Gasteiger partial charge in [0.15, 0.2) is 6.61 Å². The molecule has 0 radical (unpaired) electrons. The van der Waals surface area contributed by atoms with Gasteiger partial charge in [0, 0.05) is 17.2 Å². The number of benzene rings is 2. The number of esters is 1. The molecule has 1 N–H and O–H groups in total. The van der Waals surface area contributed by atoms with Crippen LogP contribution in [0, 0.1) is 10.1 Å². The number of aromatic nitrogens is 1. The number of alkyl halides is 3. The quantitative estimate of drug-likeness (QED) is 0.291. The zero-order valence-electron chi connectivity index (χ0n) is 16.5. The van der Waals surface area contributed by atoms with Gasteiger partial charge in [-0.25, -0.2) is 9.78 Å². The summed E-state index contributed by atoms with van der Waals surface area (Å²) in [6.45, 7) is -0.818. The third kappa shape index (κ3) is 6.29. The molecule has 0 aliphatic rings. The highest BCUT2D eigenvalue weighted by Crippen LogP contribution is 2.35. The summed E-state index contributed by atoms with van der Waals surface area (Å²) in [5.41, 5.74) is -2.55. The minimum absolute atomic E-state index is 0.0969. The Morgan fingerprint density at radius 2 is 1.82 bits per heavy atom. The molecule has 1 aromatic heterocycles. The van der Waals surface area contributed by atoms with Gasteiger partial charge in [0.1, 0.15) is 10.7 Å². The summed E-state index contributed by atoms with van der Waals surface area (Å²) in [6, 6.07) is 13.7. The van der Waals surface area contributed by atoms with Crippen molar-refractivity contribution in [1.82, 2.24) is 4.98 Å². The molecule has 0 atom stereocenters. The molecule has 0 fully saturated rings. The number of nitro benzene ring substituents is 1. The maximum Gasteiger partial charge on any atom is 0.416 e. The van der Waals surface area contributed by atoms with Gasteiger partial charge in [-0.05, 0) is 36.4 Å². The molecule has 1 heterocycles. The molecule has 1 amide bonds. The molecule has 0 aliphatic heterocycles. The van der Waals surface area contributed by atoms with Gasteiger partial charge < -0.3 is 10.1 Å². The molecule has 3 aromatic rings. The SMILES string of the molecule is O=C(COC(=O)c1cccnc1Sc1ccccc1)Nc1ccc(C(F)(F)F)cc1[N+](=O)[O-]. The fraction of sp³-hybridized carbons (Fsp3) is 0.0952. The van der Waals surface area contributed by atoms with Crippen molar-refractivity contribution in [2.24, 2.45) is 0 Å². The minimum Gasteiger partial charge on any atom is -0.452 e. The number of hydrogen-bond donors (Lipinski definition) is 1. The summed E-state index contributed by atoms with van der Waals surface area (Å²) in [5.74, 6) is -1.83. The van der Waals surface area contributed by atoms with Crippen molar-refractivity contribution < 1.29 is 32.4 Å². The number of nitro groups is 1. The number of halogens is 3. The molecular weight excluding hydrogens is 463 g/mol. The monoisotopic (exact) mass is 477 g/mol. The molecule has 2 aromatic carbocycles. The number of anilines is 1. The van der Waals surface area contributed by atoms with Gasteiger partial charge in [-0.3, -0.25) is 14.9 Å². The second-order valence-electron chi connectivity index (χ2n) is 6.38. The predicted molar refractivity (Wildman–Crippen MR) is 112 cm³/mol. The van der Waals surface area contributed by atoms with Crippen LogP contribution in [0.2, 0.25) is 0 Å². The topological polar surface area (TPSA) is 111 Å². The highest BCUT2D eigenvalue weighted by Gasteiger charge is 2.33. The van der Waals surface area contributed by atoms with E-state index in [9.17, 15) is 32.9 Å². The average molecular weight is 477 g/mol. The number of rotatable bonds is 7. The third-order valence-corrected chi connectivity index (χ3v) is 5.11. The van der Waals surface area contributed by atoms with Gasteiger partial charge in [-0.15, -0.1) is 0 Å². The fourth-order valence-corrected chi connectivity index (χ4v) is 3.48. The Morgan fingerprint density at radius 3 is 2.48 bits per heavy atom. The average Bonchev–Trinajstić information content (AvgIpc) is 2.78. The lowest BCUT2D eigenvalue weighted by molar-refractivity contribution is -0.384. The Hall–Kier alpha value is -3.93. The van der Waals surface area contributed by atoms with Crippen LogP contribution in [-0.4, -0.2) is 28.4 Å². The van der Waals surface area contributed by atoms with Crippen LogP contribution in [0.25, 0.3) is 0 Å². The maximum absolute atomic E-state index is 12.8. The van der Waals surface area contributed by atoms with E-state index < -0.39 is 46.5 Å². The molecule has 0 spiro atoms. The number of nitrogens with one attached hydrogen (secondary N) is 1. The number of amides is 1. The van der Waals surface area contributed by atoms with Crippen LogP contribution in [0.3, 0.4) is 0 Å². The molecule has 0 saturated heterocycles. The molecule has 0 bridgehead atoms. The first-order chi connectivity index (χ1) is 15.6. The van der Waals surface area contributed by atoms with Gasteiger partial charge in [0.05, 0.1) is 16.1 Å². The number of carbonyl (C=O) groups excluding carboxylic acids is 2. The van der Waals surface area contributed by atoms with Crippen molar-refractivity contribution in [2.75, 3.05) is 11.9 Å². The molecule has 0 aliphatic carbocycles. The summed E-state index contributed by atoms with van der Waals surface area (Å²) in [4.78, 5) is 39.6. The van der Waals surface area contributed by atoms with Crippen molar-refractivity contribution in [3.05, 3.63) is 88.1 Å². The Balaban J connectivity index is 1.67. The standard InChI is InChI=1S/C21H14F3N3O5S/c22-21(23,24)13-8-9-16(17(11-13)27(30)31)26-18(28)12-32-20(29)15-7-4-10-25-19(15)33-14-5-2-1-3-6-14/h1-11H,12H2,(H,26,28). The molecule has 8 nitrogen and oxygen atoms in total. The summed E-state index contributed by atoms with van der Waals surface area (Å²) in [5, 5.41) is 13.5. The summed E-state index contributed by atoms with van der Waals surface area (Å²) < 4.78 is 43.3. The number of hydrogen-bond acceptors (Lipinski definition) is 7. The van der Waals surface area contributed by atoms with Crippen molar-refractivity contribution in [3.8, 4) is 0 Å². The highest BCUT2D eigenvalue weighted by molar-refractivity contribution is 7.99. The lowest BCUT2D eigenvalue weighted by Crippen LogP contribution is -2.22. The Labute approximate surface area is 188 Å². The van der Waals surface area contributed by atoms with E-state index in [1.807, 2.05) is 30.3 Å². The molecule has 170 valence electrons. The lowest BCUT2D eigenvalue weighted by Gasteiger charge is -2.11. The smallest absolute Gasteiger partial charge is 0.416 e. The molecule has 33 heavy (non-hydrogen) atoms. The lowest BCUT2D eigenvalue weighted by atomic mass is 10.1. The van der Waals surface area contributed by atoms with E-state index in [0.29, 0.717) is 17.2 Å². The molecule has 0 unspecified atom stereocenters. The third-order valence-electron chi connectivity index (χ3n) is 4.08. The van der Waals surface area contributed by atoms with Crippen LogP contribution >= 0.6 is 11.8 Å². The zero-order valence-corrected chi connectivity index (χ0v) is 17.4. The van der Waals surface area contributed by atoms with Gasteiger partial charge in [0.2, 0.25) is 0 Å². The number of ether oxygens (including phenoxy) is 1. The first-order valence-electron chi connectivity index (χ1n) is 9.15. The molecule has 0 saturated carbocycles. The van der Waals surface area contributed by atoms with Gasteiger partial charge in [-0.2, -0.15) is 13.2 Å². The van der Waals surface area contributed by atoms with Crippen molar-refractivity contribution in [3.63, 3.8) is 0 Å². The van der Waals surface area contributed by atoms with Crippen LogP contribution in [0.15, 0.2) is 76.8 Å². The molecular formula is C21H14F3N3O5S. The van der Waals surface area contributed by atoms with Crippen LogP contribution in [0.4, 0.5) is 24.5 Å². The molecule has 12 heteroatoms. The summed E-state index contributed by atoms with van der Waals surface area (Å²) >= 11 is 1.21. The predicted octanol–water partition coefficient (Wildman–Crippen LogP) is 4.96. The summed E-state index contributed by atoms with van der Waals surface area (Å²) in [6.07, 6.45) is -3.31. The van der Waals surface area contributed by atoms with E-state index in [0.717, 1.165) is 11.0 Å². The van der Waals surface area contributed by atoms with E-state index in [-0.39, 0.29) is 5.56 Å². The Morgan fingerprint density at radius 1 is 1.09 bits per heavy atom. The van der Waals surface area contributed by atoms with E-state index >= 15 is 0 Å². The van der Waals surface area contributed by atoms with Crippen molar-refractivity contribution >= 4 is 35.0 Å². The fourth-order valence-electron chi connectivity index (χ4n) is 2.59. The maximum atomic E-state index is 12.8. The first-order valence-corrected chi connectivity index (χ1v) is 9.97. The van der Waals surface area contributed by atoms with Crippen LogP contribution in [0.1, 0.15) is 15.9 Å². The number of pyridine rings is 1. The van der Waals surface area contributed by atoms with E-state index in [1.165, 1.54) is 30.1 Å². The summed E-state index contributed by atoms with van der Waals surface area (Å²) in [7, 11) is 0. The van der Waals surface area contributed by atoms with E-state index in [2.05, 4.69) is 10.3 Å². The molecule has 3 rings (SSSR count). The van der Waals surface area contributed by atoms with E-state index in [4.69, 9.17) is 4.74 Å². The van der Waals surface area contributed by atoms with Crippen molar-refractivity contribution in [1.29, 1.82) is 0 Å². The van der Waals surface area contributed by atoms with Crippen LogP contribution < -0.4 is 5.32 Å². The first kappa shape index (κ1) is 23.7.